The van der Waals surface area contributed by atoms with Gasteiger partial charge in [-0.3, -0.25) is 0 Å². The first kappa shape index (κ1) is 6.86. The maximum atomic E-state index is 10.4. The second-order valence-electron chi connectivity index (χ2n) is 2.03. The number of carbonyl (C=O) groups is 1. The van der Waals surface area contributed by atoms with Crippen LogP contribution in [0.15, 0.2) is 24.0 Å². The van der Waals surface area contributed by atoms with Crippen molar-refractivity contribution in [3.8, 4) is 0 Å². The lowest BCUT2D eigenvalue weighted by atomic mass is 10.1. The Morgan fingerprint density at radius 3 is 2.90 bits per heavy atom. The van der Waals surface area contributed by atoms with Crippen LogP contribution in [0.2, 0.25) is 0 Å². The van der Waals surface area contributed by atoms with Crippen molar-refractivity contribution < 1.29 is 14.6 Å². The predicted molar refractivity (Wildman–Crippen MR) is 35.4 cm³/mol. The molecule has 3 heteroatoms. The first-order valence-corrected chi connectivity index (χ1v) is 2.97. The lowest BCUT2D eigenvalue weighted by molar-refractivity contribution is -0.133. The standard InChI is InChI=1S/C7H8O3/c1-5-6(7(8)9)3-2-4-10-5/h2-5H,1H3,(H,8,9)/t5-/m0/s1. The van der Waals surface area contributed by atoms with Crippen molar-refractivity contribution in [2.75, 3.05) is 0 Å². The number of ether oxygens (including phenoxy) is 1. The second kappa shape index (κ2) is 2.56. The molecule has 54 valence electrons. The number of carboxylic acid groups (broad SMARTS) is 1. The lowest BCUT2D eigenvalue weighted by Gasteiger charge is -2.14. The zero-order valence-corrected chi connectivity index (χ0v) is 5.57. The van der Waals surface area contributed by atoms with Gasteiger partial charge in [-0.15, -0.1) is 0 Å². The topological polar surface area (TPSA) is 46.5 Å². The van der Waals surface area contributed by atoms with Crippen molar-refractivity contribution in [1.29, 1.82) is 0 Å². The van der Waals surface area contributed by atoms with E-state index in [1.54, 1.807) is 13.0 Å². The van der Waals surface area contributed by atoms with E-state index >= 15 is 0 Å². The minimum absolute atomic E-state index is 0.294. The van der Waals surface area contributed by atoms with Crippen LogP contribution in [0.4, 0.5) is 0 Å². The Morgan fingerprint density at radius 1 is 1.80 bits per heavy atom. The van der Waals surface area contributed by atoms with E-state index in [9.17, 15) is 4.79 Å². The highest BCUT2D eigenvalue weighted by Crippen LogP contribution is 2.11. The molecule has 0 aliphatic carbocycles. The maximum Gasteiger partial charge on any atom is 0.335 e. The van der Waals surface area contributed by atoms with Crippen LogP contribution in [0.25, 0.3) is 0 Å². The Morgan fingerprint density at radius 2 is 2.50 bits per heavy atom. The summed E-state index contributed by atoms with van der Waals surface area (Å²) >= 11 is 0. The van der Waals surface area contributed by atoms with Crippen LogP contribution in [-0.2, 0) is 9.53 Å². The van der Waals surface area contributed by atoms with Gasteiger partial charge in [0, 0.05) is 0 Å². The van der Waals surface area contributed by atoms with Crippen molar-refractivity contribution in [2.45, 2.75) is 13.0 Å². The molecule has 10 heavy (non-hydrogen) atoms. The molecule has 0 saturated carbocycles. The highest BCUT2D eigenvalue weighted by molar-refractivity contribution is 5.88. The Balaban J connectivity index is 2.80. The minimum atomic E-state index is -0.920. The molecule has 0 radical (unpaired) electrons. The summed E-state index contributed by atoms with van der Waals surface area (Å²) in [5.41, 5.74) is 0.294. The summed E-state index contributed by atoms with van der Waals surface area (Å²) in [6, 6.07) is 0. The third kappa shape index (κ3) is 1.18. The molecule has 0 aromatic rings. The fourth-order valence-electron chi connectivity index (χ4n) is 0.760. The molecule has 1 atom stereocenters. The van der Waals surface area contributed by atoms with Crippen LogP contribution >= 0.6 is 0 Å². The summed E-state index contributed by atoms with van der Waals surface area (Å²) in [6.45, 7) is 1.70. The van der Waals surface area contributed by atoms with Crippen LogP contribution < -0.4 is 0 Å². The molecule has 0 saturated heterocycles. The van der Waals surface area contributed by atoms with E-state index in [0.29, 0.717) is 5.57 Å². The number of hydrogen-bond acceptors (Lipinski definition) is 2. The summed E-state index contributed by atoms with van der Waals surface area (Å²) in [5.74, 6) is -0.920. The third-order valence-corrected chi connectivity index (χ3v) is 1.32. The highest BCUT2D eigenvalue weighted by atomic mass is 16.5. The number of allylic oxidation sites excluding steroid dienone is 2. The Bertz CT molecular complexity index is 203. The van der Waals surface area contributed by atoms with Crippen LogP contribution in [0.3, 0.4) is 0 Å². The highest BCUT2D eigenvalue weighted by Gasteiger charge is 2.16. The van der Waals surface area contributed by atoms with Gasteiger partial charge >= 0.3 is 5.97 Å². The Hall–Kier alpha value is -1.25. The van der Waals surface area contributed by atoms with Crippen molar-refractivity contribution in [3.05, 3.63) is 24.0 Å². The summed E-state index contributed by atoms with van der Waals surface area (Å²) in [7, 11) is 0. The number of rotatable bonds is 1. The molecule has 0 amide bonds. The van der Waals surface area contributed by atoms with Gasteiger partial charge < -0.3 is 9.84 Å². The van der Waals surface area contributed by atoms with E-state index in [1.165, 1.54) is 12.3 Å². The molecule has 3 nitrogen and oxygen atoms in total. The van der Waals surface area contributed by atoms with Gasteiger partial charge in [0.2, 0.25) is 0 Å². The molecule has 1 aliphatic rings. The van der Waals surface area contributed by atoms with Gasteiger partial charge in [0.1, 0.15) is 6.10 Å². The Kier molecular flexibility index (Phi) is 1.76. The van der Waals surface area contributed by atoms with Crippen LogP contribution in [0.5, 0.6) is 0 Å². The van der Waals surface area contributed by atoms with Gasteiger partial charge in [0.15, 0.2) is 0 Å². The Labute approximate surface area is 58.6 Å². The molecule has 0 aromatic carbocycles. The fraction of sp³-hybridized carbons (Fsp3) is 0.286. The zero-order chi connectivity index (χ0) is 7.56. The average Bonchev–Trinajstić information content (AvgIpc) is 1.88. The number of aliphatic carboxylic acids is 1. The summed E-state index contributed by atoms with van der Waals surface area (Å²) in [5, 5.41) is 8.53. The molecule has 1 aliphatic heterocycles. The first-order valence-electron chi connectivity index (χ1n) is 2.97. The predicted octanol–water partition coefficient (Wildman–Crippen LogP) is 0.930. The van der Waals surface area contributed by atoms with Gasteiger partial charge in [-0.2, -0.15) is 0 Å². The smallest absolute Gasteiger partial charge is 0.335 e. The molecule has 1 N–H and O–H groups in total. The van der Waals surface area contributed by atoms with Gasteiger partial charge in [0.05, 0.1) is 11.8 Å². The molecule has 0 spiro atoms. The third-order valence-electron chi connectivity index (χ3n) is 1.32. The fourth-order valence-corrected chi connectivity index (χ4v) is 0.760. The molecule has 1 heterocycles. The normalized spacial score (nSPS) is 23.3. The quantitative estimate of drug-likeness (QED) is 0.589. The molecule has 0 aromatic heterocycles. The number of hydrogen-bond donors (Lipinski definition) is 1. The first-order chi connectivity index (χ1) is 4.72. The van der Waals surface area contributed by atoms with E-state index < -0.39 is 5.97 Å². The molecule has 0 bridgehead atoms. The molecule has 1 rings (SSSR count). The molecule has 0 fully saturated rings. The van der Waals surface area contributed by atoms with Crippen molar-refractivity contribution in [2.24, 2.45) is 0 Å². The van der Waals surface area contributed by atoms with Gasteiger partial charge in [-0.1, -0.05) is 0 Å². The van der Waals surface area contributed by atoms with Crippen molar-refractivity contribution >= 4 is 5.97 Å². The summed E-state index contributed by atoms with van der Waals surface area (Å²) in [4.78, 5) is 10.4. The van der Waals surface area contributed by atoms with Gasteiger partial charge in [-0.05, 0) is 19.1 Å². The second-order valence-corrected chi connectivity index (χ2v) is 2.03. The SMILES string of the molecule is C[C@@H]1OC=CC=C1C(=O)O. The lowest BCUT2D eigenvalue weighted by Crippen LogP contribution is -2.17. The largest absolute Gasteiger partial charge is 0.493 e. The van der Waals surface area contributed by atoms with E-state index in [0.717, 1.165) is 0 Å². The van der Waals surface area contributed by atoms with Crippen molar-refractivity contribution in [1.82, 2.24) is 0 Å². The summed E-state index contributed by atoms with van der Waals surface area (Å²) in [6.07, 6.45) is 4.26. The van der Waals surface area contributed by atoms with Crippen LogP contribution in [0.1, 0.15) is 6.92 Å². The van der Waals surface area contributed by atoms with E-state index in [2.05, 4.69) is 0 Å². The zero-order valence-electron chi connectivity index (χ0n) is 5.57. The summed E-state index contributed by atoms with van der Waals surface area (Å²) < 4.78 is 4.92. The van der Waals surface area contributed by atoms with E-state index in [-0.39, 0.29) is 6.10 Å². The number of carboxylic acids is 1. The van der Waals surface area contributed by atoms with E-state index in [1.807, 2.05) is 0 Å². The maximum absolute atomic E-state index is 10.4. The minimum Gasteiger partial charge on any atom is -0.493 e. The van der Waals surface area contributed by atoms with Crippen molar-refractivity contribution in [3.63, 3.8) is 0 Å². The van der Waals surface area contributed by atoms with Gasteiger partial charge in [0.25, 0.3) is 0 Å². The average molecular weight is 140 g/mol. The monoisotopic (exact) mass is 140 g/mol. The van der Waals surface area contributed by atoms with Crippen LogP contribution in [0, 0.1) is 0 Å². The van der Waals surface area contributed by atoms with E-state index in [4.69, 9.17) is 9.84 Å². The molecule has 0 unspecified atom stereocenters. The van der Waals surface area contributed by atoms with Gasteiger partial charge in [-0.25, -0.2) is 4.79 Å². The van der Waals surface area contributed by atoms with Crippen LogP contribution in [-0.4, -0.2) is 17.2 Å². The molecular weight excluding hydrogens is 132 g/mol. The molecular formula is C7H8O3.